The smallest absolute Gasteiger partial charge is 0.321 e. The quantitative estimate of drug-likeness (QED) is 0.695. The van der Waals surface area contributed by atoms with Crippen molar-refractivity contribution in [1.82, 2.24) is 15.1 Å². The van der Waals surface area contributed by atoms with Gasteiger partial charge in [0, 0.05) is 23.8 Å². The van der Waals surface area contributed by atoms with E-state index in [0.29, 0.717) is 29.9 Å². The third-order valence-corrected chi connectivity index (χ3v) is 5.44. The van der Waals surface area contributed by atoms with Crippen LogP contribution in [0.4, 0.5) is 10.5 Å². The molecule has 1 aliphatic heterocycles. The van der Waals surface area contributed by atoms with Crippen molar-refractivity contribution in [3.8, 4) is 10.8 Å². The van der Waals surface area contributed by atoms with Gasteiger partial charge in [0.15, 0.2) is 0 Å². The standard InChI is InChI=1S/C18H17ClN4O2S/c19-13-5-7-14(8-6-13)20-18(24)23-9-1-3-12(11-23)16-21-22-17(25-16)15-4-2-10-26-15/h2,4-8,10,12H,1,3,9,11H2,(H,20,24)/t12-/m0/s1. The SMILES string of the molecule is O=C(Nc1ccc(Cl)cc1)N1CCC[C@H](c2nnc(-c3cccs3)o2)C1. The maximum Gasteiger partial charge on any atom is 0.321 e. The minimum atomic E-state index is -0.130. The van der Waals surface area contributed by atoms with Crippen molar-refractivity contribution in [2.24, 2.45) is 0 Å². The first kappa shape index (κ1) is 17.1. The number of anilines is 1. The molecule has 26 heavy (non-hydrogen) atoms. The van der Waals surface area contributed by atoms with Crippen LogP contribution in [0.15, 0.2) is 46.2 Å². The molecule has 4 rings (SSSR count). The van der Waals surface area contributed by atoms with Gasteiger partial charge < -0.3 is 14.6 Å². The van der Waals surface area contributed by atoms with Gasteiger partial charge in [-0.1, -0.05) is 17.7 Å². The van der Waals surface area contributed by atoms with E-state index in [1.807, 2.05) is 17.5 Å². The molecule has 0 spiro atoms. The number of likely N-dealkylation sites (tertiary alicyclic amines) is 1. The molecule has 3 aromatic rings. The summed E-state index contributed by atoms with van der Waals surface area (Å²) >= 11 is 7.44. The predicted molar refractivity (Wildman–Crippen MR) is 102 cm³/mol. The summed E-state index contributed by atoms with van der Waals surface area (Å²) in [6, 6.07) is 10.8. The Balaban J connectivity index is 1.42. The van der Waals surface area contributed by atoms with Gasteiger partial charge in [-0.2, -0.15) is 0 Å². The summed E-state index contributed by atoms with van der Waals surface area (Å²) in [5.74, 6) is 1.19. The fraction of sp³-hybridized carbons (Fsp3) is 0.278. The second kappa shape index (κ2) is 7.47. The van der Waals surface area contributed by atoms with Crippen molar-refractivity contribution in [3.05, 3.63) is 52.7 Å². The summed E-state index contributed by atoms with van der Waals surface area (Å²) < 4.78 is 5.84. The molecule has 1 aliphatic rings. The molecule has 1 saturated heterocycles. The average Bonchev–Trinajstić information content (AvgIpc) is 3.35. The molecule has 0 unspecified atom stereocenters. The minimum absolute atomic E-state index is 0.0564. The number of amides is 2. The molecule has 6 nitrogen and oxygen atoms in total. The van der Waals surface area contributed by atoms with Gasteiger partial charge in [-0.3, -0.25) is 0 Å². The van der Waals surface area contributed by atoms with Crippen LogP contribution in [-0.4, -0.2) is 34.2 Å². The van der Waals surface area contributed by atoms with Crippen LogP contribution in [0, 0.1) is 0 Å². The van der Waals surface area contributed by atoms with Crippen molar-refractivity contribution in [1.29, 1.82) is 0 Å². The highest BCUT2D eigenvalue weighted by atomic mass is 35.5. The molecule has 0 radical (unpaired) electrons. The summed E-state index contributed by atoms with van der Waals surface area (Å²) in [6.45, 7) is 1.27. The Bertz CT molecular complexity index is 879. The number of benzene rings is 1. The molecule has 1 atom stereocenters. The molecule has 8 heteroatoms. The van der Waals surface area contributed by atoms with E-state index in [0.717, 1.165) is 23.4 Å². The zero-order valence-corrected chi connectivity index (χ0v) is 15.5. The average molecular weight is 389 g/mol. The number of carbonyl (C=O) groups excluding carboxylic acids is 1. The summed E-state index contributed by atoms with van der Waals surface area (Å²) in [4.78, 5) is 15.3. The number of piperidine rings is 1. The number of carbonyl (C=O) groups is 1. The van der Waals surface area contributed by atoms with Crippen LogP contribution in [-0.2, 0) is 0 Å². The van der Waals surface area contributed by atoms with Crippen LogP contribution in [0.2, 0.25) is 5.02 Å². The van der Waals surface area contributed by atoms with Gasteiger partial charge >= 0.3 is 6.03 Å². The normalized spacial score (nSPS) is 17.3. The highest BCUT2D eigenvalue weighted by molar-refractivity contribution is 7.13. The Morgan fingerprint density at radius 1 is 1.27 bits per heavy atom. The topological polar surface area (TPSA) is 71.3 Å². The van der Waals surface area contributed by atoms with Gasteiger partial charge in [0.1, 0.15) is 0 Å². The molecule has 2 aromatic heterocycles. The van der Waals surface area contributed by atoms with E-state index in [9.17, 15) is 4.79 Å². The van der Waals surface area contributed by atoms with Crippen molar-refractivity contribution in [3.63, 3.8) is 0 Å². The first-order chi connectivity index (χ1) is 12.7. The lowest BCUT2D eigenvalue weighted by molar-refractivity contribution is 0.187. The monoisotopic (exact) mass is 388 g/mol. The van der Waals surface area contributed by atoms with Crippen LogP contribution in [0.1, 0.15) is 24.7 Å². The minimum Gasteiger partial charge on any atom is -0.420 e. The lowest BCUT2D eigenvalue weighted by Crippen LogP contribution is -2.41. The van der Waals surface area contributed by atoms with Gasteiger partial charge in [-0.25, -0.2) is 4.79 Å². The fourth-order valence-electron chi connectivity index (χ4n) is 3.00. The molecule has 1 fully saturated rings. The molecule has 3 heterocycles. The van der Waals surface area contributed by atoms with Crippen molar-refractivity contribution in [2.75, 3.05) is 18.4 Å². The fourth-order valence-corrected chi connectivity index (χ4v) is 3.77. The maximum atomic E-state index is 12.5. The molecule has 0 saturated carbocycles. The van der Waals surface area contributed by atoms with E-state index in [-0.39, 0.29) is 11.9 Å². The van der Waals surface area contributed by atoms with Gasteiger partial charge in [0.2, 0.25) is 5.89 Å². The van der Waals surface area contributed by atoms with Gasteiger partial charge in [-0.15, -0.1) is 21.5 Å². The summed E-state index contributed by atoms with van der Waals surface area (Å²) in [5.41, 5.74) is 0.722. The Kier molecular flexibility index (Phi) is 4.90. The first-order valence-electron chi connectivity index (χ1n) is 8.38. The molecular weight excluding hydrogens is 372 g/mol. The third-order valence-electron chi connectivity index (χ3n) is 4.33. The highest BCUT2D eigenvalue weighted by Gasteiger charge is 2.28. The molecule has 1 N–H and O–H groups in total. The molecule has 0 aliphatic carbocycles. The predicted octanol–water partition coefficient (Wildman–Crippen LogP) is 4.86. The lowest BCUT2D eigenvalue weighted by Gasteiger charge is -2.31. The van der Waals surface area contributed by atoms with Crippen LogP contribution in [0.25, 0.3) is 10.8 Å². The number of nitrogens with zero attached hydrogens (tertiary/aromatic N) is 3. The molecule has 134 valence electrons. The Hall–Kier alpha value is -2.38. The van der Waals surface area contributed by atoms with Crippen LogP contribution in [0.5, 0.6) is 0 Å². The van der Waals surface area contributed by atoms with E-state index in [2.05, 4.69) is 15.5 Å². The van der Waals surface area contributed by atoms with Crippen molar-refractivity contribution < 1.29 is 9.21 Å². The largest absolute Gasteiger partial charge is 0.420 e. The Morgan fingerprint density at radius 2 is 2.12 bits per heavy atom. The lowest BCUT2D eigenvalue weighted by atomic mass is 9.98. The number of urea groups is 1. The number of halogens is 1. The molecule has 0 bridgehead atoms. The number of thiophene rings is 1. The van der Waals surface area contributed by atoms with E-state index in [1.54, 1.807) is 40.5 Å². The highest BCUT2D eigenvalue weighted by Crippen LogP contribution is 2.30. The summed E-state index contributed by atoms with van der Waals surface area (Å²) in [5, 5.41) is 13.9. The zero-order chi connectivity index (χ0) is 17.9. The Labute approximate surface area is 159 Å². The number of hydrogen-bond donors (Lipinski definition) is 1. The van der Waals surface area contributed by atoms with E-state index >= 15 is 0 Å². The number of hydrogen-bond acceptors (Lipinski definition) is 5. The maximum absolute atomic E-state index is 12.5. The second-order valence-electron chi connectivity index (χ2n) is 6.14. The van der Waals surface area contributed by atoms with E-state index in [1.165, 1.54) is 0 Å². The van der Waals surface area contributed by atoms with Gasteiger partial charge in [0.05, 0.1) is 10.8 Å². The van der Waals surface area contributed by atoms with E-state index < -0.39 is 0 Å². The third kappa shape index (κ3) is 3.73. The second-order valence-corrected chi connectivity index (χ2v) is 7.53. The van der Waals surface area contributed by atoms with Crippen molar-refractivity contribution in [2.45, 2.75) is 18.8 Å². The van der Waals surface area contributed by atoms with Gasteiger partial charge in [0.25, 0.3) is 5.89 Å². The number of rotatable bonds is 3. The number of nitrogens with one attached hydrogen (secondary N) is 1. The summed E-state index contributed by atoms with van der Waals surface area (Å²) in [6.07, 6.45) is 1.83. The van der Waals surface area contributed by atoms with E-state index in [4.69, 9.17) is 16.0 Å². The van der Waals surface area contributed by atoms with Gasteiger partial charge in [-0.05, 0) is 48.6 Å². The van der Waals surface area contributed by atoms with Crippen LogP contribution >= 0.6 is 22.9 Å². The van der Waals surface area contributed by atoms with Crippen molar-refractivity contribution >= 4 is 34.7 Å². The first-order valence-corrected chi connectivity index (χ1v) is 9.63. The van der Waals surface area contributed by atoms with Crippen LogP contribution < -0.4 is 5.32 Å². The Morgan fingerprint density at radius 3 is 2.88 bits per heavy atom. The molecular formula is C18H17ClN4O2S. The van der Waals surface area contributed by atoms with Crippen LogP contribution in [0.3, 0.4) is 0 Å². The zero-order valence-electron chi connectivity index (χ0n) is 13.9. The molecule has 1 aromatic carbocycles. The number of aromatic nitrogens is 2. The summed E-state index contributed by atoms with van der Waals surface area (Å²) in [7, 11) is 0. The molecule has 2 amide bonds.